The van der Waals surface area contributed by atoms with Gasteiger partial charge in [-0.1, -0.05) is 12.5 Å². The van der Waals surface area contributed by atoms with Crippen LogP contribution in [0.1, 0.15) is 49.0 Å². The van der Waals surface area contributed by atoms with Gasteiger partial charge in [0.25, 0.3) is 5.91 Å². The normalized spacial score (nSPS) is 18.8. The average molecular weight is 292 g/mol. The third kappa shape index (κ3) is 4.03. The van der Waals surface area contributed by atoms with Gasteiger partial charge in [-0.05, 0) is 57.9 Å². The fraction of sp³-hybridized carbons (Fsp3) is 0.588. The van der Waals surface area contributed by atoms with Gasteiger partial charge in [0, 0.05) is 24.2 Å². The number of nitrogens with zero attached hydrogens (tertiary/aromatic N) is 1. The molecule has 1 atom stereocenters. The van der Waals surface area contributed by atoms with Crippen molar-refractivity contribution in [2.45, 2.75) is 52.1 Å². The highest BCUT2D eigenvalue weighted by atomic mass is 19.1. The molecule has 0 spiro atoms. The van der Waals surface area contributed by atoms with Crippen molar-refractivity contribution >= 4 is 5.91 Å². The zero-order chi connectivity index (χ0) is 15.4. The van der Waals surface area contributed by atoms with Crippen molar-refractivity contribution in [2.24, 2.45) is 0 Å². The van der Waals surface area contributed by atoms with Gasteiger partial charge < -0.3 is 10.2 Å². The van der Waals surface area contributed by atoms with E-state index in [2.05, 4.69) is 5.32 Å². The highest BCUT2D eigenvalue weighted by molar-refractivity contribution is 5.94. The molecule has 1 aliphatic heterocycles. The summed E-state index contributed by atoms with van der Waals surface area (Å²) in [5, 5.41) is 3.46. The number of carbonyl (C=O) groups excluding carboxylic acids is 1. The van der Waals surface area contributed by atoms with Gasteiger partial charge in [-0.25, -0.2) is 4.39 Å². The molecular weight excluding hydrogens is 267 g/mol. The smallest absolute Gasteiger partial charge is 0.254 e. The molecule has 0 saturated carbocycles. The summed E-state index contributed by atoms with van der Waals surface area (Å²) in [6.45, 7) is 7.42. The molecule has 1 aromatic carbocycles. The first-order valence-corrected chi connectivity index (χ1v) is 7.79. The molecule has 0 aliphatic carbocycles. The number of halogens is 1. The second kappa shape index (κ2) is 7.03. The van der Waals surface area contributed by atoms with E-state index in [0.29, 0.717) is 23.7 Å². The highest BCUT2D eigenvalue weighted by Crippen LogP contribution is 2.16. The molecule has 21 heavy (non-hydrogen) atoms. The summed E-state index contributed by atoms with van der Waals surface area (Å²) in [6, 6.07) is 5.18. The maximum absolute atomic E-state index is 13.7. The summed E-state index contributed by atoms with van der Waals surface area (Å²) in [5.41, 5.74) is 0.999. The lowest BCUT2D eigenvalue weighted by molar-refractivity contribution is 0.0676. The zero-order valence-corrected chi connectivity index (χ0v) is 13.2. The van der Waals surface area contributed by atoms with Gasteiger partial charge in [0.15, 0.2) is 0 Å². The van der Waals surface area contributed by atoms with Gasteiger partial charge in [-0.3, -0.25) is 4.79 Å². The maximum atomic E-state index is 13.7. The van der Waals surface area contributed by atoms with Gasteiger partial charge >= 0.3 is 0 Å². The van der Waals surface area contributed by atoms with Gasteiger partial charge in [-0.15, -0.1) is 0 Å². The fourth-order valence-corrected chi connectivity index (χ4v) is 2.74. The Balaban J connectivity index is 2.12. The van der Waals surface area contributed by atoms with Crippen molar-refractivity contribution in [1.29, 1.82) is 0 Å². The minimum absolute atomic E-state index is 0.0868. The molecule has 1 amide bonds. The predicted octanol–water partition coefficient (Wildman–Crippen LogP) is 3.13. The molecule has 116 valence electrons. The van der Waals surface area contributed by atoms with Gasteiger partial charge in [-0.2, -0.15) is 0 Å². The Morgan fingerprint density at radius 1 is 1.43 bits per heavy atom. The minimum Gasteiger partial charge on any atom is -0.335 e. The number of nitrogens with one attached hydrogen (secondary N) is 1. The number of carbonyl (C=O) groups is 1. The Labute approximate surface area is 126 Å². The van der Waals surface area contributed by atoms with Crippen LogP contribution in [-0.2, 0) is 0 Å². The Morgan fingerprint density at radius 3 is 2.76 bits per heavy atom. The van der Waals surface area contributed by atoms with Crippen LogP contribution in [0.3, 0.4) is 0 Å². The number of hydrogen-bond donors (Lipinski definition) is 1. The quantitative estimate of drug-likeness (QED) is 0.924. The third-order valence-corrected chi connectivity index (χ3v) is 4.13. The lowest BCUT2D eigenvalue weighted by Gasteiger charge is -2.33. The zero-order valence-electron chi connectivity index (χ0n) is 13.2. The van der Waals surface area contributed by atoms with E-state index in [1.807, 2.05) is 18.7 Å². The largest absolute Gasteiger partial charge is 0.335 e. The van der Waals surface area contributed by atoms with E-state index in [-0.39, 0.29) is 17.8 Å². The second-order valence-electron chi connectivity index (χ2n) is 6.16. The summed E-state index contributed by atoms with van der Waals surface area (Å²) in [5.74, 6) is -0.406. The van der Waals surface area contributed by atoms with Crippen LogP contribution in [0, 0.1) is 12.7 Å². The van der Waals surface area contributed by atoms with Crippen LogP contribution >= 0.6 is 0 Å². The Bertz CT molecular complexity index is 496. The molecule has 1 unspecified atom stereocenters. The van der Waals surface area contributed by atoms with Gasteiger partial charge in [0.05, 0.1) is 0 Å². The first kappa shape index (κ1) is 16.0. The standard InChI is InChI=1S/C17H25FN2O/c1-12(2)20(11-15-6-4-5-9-19-15)17(21)14-8-7-13(3)16(18)10-14/h7-8,10,12,15,19H,4-6,9,11H2,1-3H3. The molecule has 1 aliphatic rings. The molecule has 0 bridgehead atoms. The maximum Gasteiger partial charge on any atom is 0.254 e. The number of aryl methyl sites for hydroxylation is 1. The predicted molar refractivity (Wildman–Crippen MR) is 83.0 cm³/mol. The van der Waals surface area contributed by atoms with Gasteiger partial charge in [0.1, 0.15) is 5.82 Å². The molecule has 0 radical (unpaired) electrons. The summed E-state index contributed by atoms with van der Waals surface area (Å²) in [7, 11) is 0. The second-order valence-corrected chi connectivity index (χ2v) is 6.16. The lowest BCUT2D eigenvalue weighted by Crippen LogP contribution is -2.48. The van der Waals surface area contributed by atoms with Crippen molar-refractivity contribution in [3.63, 3.8) is 0 Å². The van der Waals surface area contributed by atoms with E-state index >= 15 is 0 Å². The van der Waals surface area contributed by atoms with E-state index in [0.717, 1.165) is 13.0 Å². The SMILES string of the molecule is Cc1ccc(C(=O)N(CC2CCCCN2)C(C)C)cc1F. The summed E-state index contributed by atoms with van der Waals surface area (Å²) in [4.78, 5) is 14.5. The van der Waals surface area contributed by atoms with Crippen LogP contribution in [0.5, 0.6) is 0 Å². The molecule has 1 aromatic rings. The van der Waals surface area contributed by atoms with E-state index in [4.69, 9.17) is 0 Å². The van der Waals surface area contributed by atoms with Gasteiger partial charge in [0.2, 0.25) is 0 Å². The van der Waals surface area contributed by atoms with E-state index < -0.39 is 0 Å². The van der Waals surface area contributed by atoms with Crippen LogP contribution in [0.25, 0.3) is 0 Å². The molecular formula is C17H25FN2O. The average Bonchev–Trinajstić information content (AvgIpc) is 2.47. The number of piperidine rings is 1. The van der Waals surface area contributed by atoms with Crippen LogP contribution in [0.15, 0.2) is 18.2 Å². The Kier molecular flexibility index (Phi) is 5.34. The molecule has 0 aromatic heterocycles. The van der Waals surface area contributed by atoms with Crippen molar-refractivity contribution in [2.75, 3.05) is 13.1 Å². The number of benzene rings is 1. The monoisotopic (exact) mass is 292 g/mol. The topological polar surface area (TPSA) is 32.3 Å². The molecule has 3 nitrogen and oxygen atoms in total. The molecule has 1 heterocycles. The summed E-state index contributed by atoms with van der Waals surface area (Å²) >= 11 is 0. The number of rotatable bonds is 4. The molecule has 4 heteroatoms. The van der Waals surface area contributed by atoms with Crippen molar-refractivity contribution in [3.05, 3.63) is 35.1 Å². The van der Waals surface area contributed by atoms with Crippen LogP contribution in [0.2, 0.25) is 0 Å². The molecule has 2 rings (SSSR count). The van der Waals surface area contributed by atoms with Crippen molar-refractivity contribution in [3.8, 4) is 0 Å². The molecule has 1 saturated heterocycles. The minimum atomic E-state index is -0.319. The van der Waals surface area contributed by atoms with Crippen LogP contribution in [-0.4, -0.2) is 36.0 Å². The van der Waals surface area contributed by atoms with E-state index in [1.165, 1.54) is 18.9 Å². The summed E-state index contributed by atoms with van der Waals surface area (Å²) < 4.78 is 13.7. The molecule has 1 fully saturated rings. The van der Waals surface area contributed by atoms with Crippen LogP contribution < -0.4 is 5.32 Å². The van der Waals surface area contributed by atoms with Crippen LogP contribution in [0.4, 0.5) is 4.39 Å². The number of amides is 1. The lowest BCUT2D eigenvalue weighted by atomic mass is 10.0. The molecule has 1 N–H and O–H groups in total. The first-order chi connectivity index (χ1) is 9.99. The van der Waals surface area contributed by atoms with Crippen molar-refractivity contribution in [1.82, 2.24) is 10.2 Å². The Morgan fingerprint density at radius 2 is 2.19 bits per heavy atom. The van der Waals surface area contributed by atoms with Crippen molar-refractivity contribution < 1.29 is 9.18 Å². The highest BCUT2D eigenvalue weighted by Gasteiger charge is 2.24. The fourth-order valence-electron chi connectivity index (χ4n) is 2.74. The van der Waals surface area contributed by atoms with E-state index in [1.54, 1.807) is 19.1 Å². The number of hydrogen-bond acceptors (Lipinski definition) is 2. The third-order valence-electron chi connectivity index (χ3n) is 4.13. The Hall–Kier alpha value is -1.42. The van der Waals surface area contributed by atoms with E-state index in [9.17, 15) is 9.18 Å². The summed E-state index contributed by atoms with van der Waals surface area (Å²) in [6.07, 6.45) is 3.50. The first-order valence-electron chi connectivity index (χ1n) is 7.79.